The van der Waals surface area contributed by atoms with Gasteiger partial charge in [0.05, 0.1) is 23.4 Å². The molecule has 0 fully saturated rings. The first-order valence-corrected chi connectivity index (χ1v) is 10.3. The normalized spacial score (nSPS) is 10.4. The second kappa shape index (κ2) is 9.93. The summed E-state index contributed by atoms with van der Waals surface area (Å²) in [5, 5.41) is 22.6. The first kappa shape index (κ1) is 21.5. The van der Waals surface area contributed by atoms with Gasteiger partial charge >= 0.3 is 5.97 Å². The zero-order chi connectivity index (χ0) is 20.7. The number of nitriles is 2. The van der Waals surface area contributed by atoms with Gasteiger partial charge in [-0.2, -0.15) is 10.5 Å². The van der Waals surface area contributed by atoms with Gasteiger partial charge < -0.3 is 15.8 Å². The first-order valence-electron chi connectivity index (χ1n) is 8.53. The van der Waals surface area contributed by atoms with Crippen LogP contribution in [0.1, 0.15) is 47.3 Å². The maximum absolute atomic E-state index is 12.3. The zero-order valence-corrected chi connectivity index (χ0v) is 17.4. The summed E-state index contributed by atoms with van der Waals surface area (Å²) >= 11 is 2.47. The maximum Gasteiger partial charge on any atom is 0.350 e. The van der Waals surface area contributed by atoms with Crippen molar-refractivity contribution in [1.82, 2.24) is 9.97 Å². The molecule has 0 unspecified atom stereocenters. The molecule has 0 aliphatic carbocycles. The van der Waals surface area contributed by atoms with E-state index >= 15 is 0 Å². The fourth-order valence-electron chi connectivity index (χ4n) is 2.10. The minimum absolute atomic E-state index is 0.0622. The molecule has 3 N–H and O–H groups in total. The Morgan fingerprint density at radius 3 is 2.68 bits per heavy atom. The van der Waals surface area contributed by atoms with Crippen molar-refractivity contribution in [2.24, 2.45) is 5.92 Å². The van der Waals surface area contributed by atoms with E-state index < -0.39 is 5.97 Å². The van der Waals surface area contributed by atoms with Crippen molar-refractivity contribution in [1.29, 1.82) is 10.5 Å². The van der Waals surface area contributed by atoms with E-state index in [0.29, 0.717) is 32.4 Å². The Morgan fingerprint density at radius 1 is 1.36 bits per heavy atom. The molecule has 28 heavy (non-hydrogen) atoms. The van der Waals surface area contributed by atoms with E-state index in [4.69, 9.17) is 15.7 Å². The molecule has 2 aromatic rings. The summed E-state index contributed by atoms with van der Waals surface area (Å²) < 4.78 is 5.12. The quantitative estimate of drug-likeness (QED) is 0.489. The Kier molecular flexibility index (Phi) is 7.61. The van der Waals surface area contributed by atoms with Crippen LogP contribution in [0.5, 0.6) is 0 Å². The molecular formula is C18H20N6O2S2. The van der Waals surface area contributed by atoms with Crippen LogP contribution >= 0.6 is 23.1 Å². The summed E-state index contributed by atoms with van der Waals surface area (Å²) in [6, 6.07) is 5.34. The topological polar surface area (TPSA) is 138 Å². The molecule has 0 spiro atoms. The van der Waals surface area contributed by atoms with Crippen LogP contribution in [0.4, 0.5) is 10.9 Å². The van der Waals surface area contributed by atoms with Crippen LogP contribution in [0.15, 0.2) is 11.1 Å². The maximum atomic E-state index is 12.3. The molecule has 2 rings (SSSR count). The highest BCUT2D eigenvalue weighted by Crippen LogP contribution is 2.31. The minimum atomic E-state index is -0.430. The van der Waals surface area contributed by atoms with E-state index in [9.17, 15) is 10.1 Å². The van der Waals surface area contributed by atoms with Gasteiger partial charge in [-0.1, -0.05) is 36.9 Å². The van der Waals surface area contributed by atoms with Crippen molar-refractivity contribution in [3.63, 3.8) is 0 Å². The van der Waals surface area contributed by atoms with Crippen molar-refractivity contribution in [2.45, 2.75) is 31.6 Å². The predicted octanol–water partition coefficient (Wildman–Crippen LogP) is 3.40. The van der Waals surface area contributed by atoms with Gasteiger partial charge in [-0.15, -0.1) is 0 Å². The number of thiazole rings is 1. The number of nitrogen functional groups attached to an aromatic ring is 1. The molecule has 10 heteroatoms. The summed E-state index contributed by atoms with van der Waals surface area (Å²) in [5.41, 5.74) is 6.72. The average Bonchev–Trinajstić information content (AvgIpc) is 3.08. The molecule has 2 heterocycles. The third-order valence-electron chi connectivity index (χ3n) is 3.42. The molecule has 0 aliphatic rings. The van der Waals surface area contributed by atoms with Gasteiger partial charge in [-0.25, -0.2) is 14.8 Å². The van der Waals surface area contributed by atoms with Gasteiger partial charge in [-0.3, -0.25) is 0 Å². The monoisotopic (exact) mass is 416 g/mol. The smallest absolute Gasteiger partial charge is 0.350 e. The standard InChI is InChI=1S/C18H20N6O2S2/c1-4-26-17(25)14-13(23-18(28-14)22-8-10(2)3)9-27-16-12(7-20)5-11(6-19)15(21)24-16/h5,10H,4,8-9H2,1-3H3,(H2,21,24)(H,22,23). The Morgan fingerprint density at radius 2 is 2.07 bits per heavy atom. The lowest BCUT2D eigenvalue weighted by molar-refractivity contribution is 0.0531. The second-order valence-corrected chi connectivity index (χ2v) is 8.04. The summed E-state index contributed by atoms with van der Waals surface area (Å²) in [7, 11) is 0. The Bertz CT molecular complexity index is 943. The van der Waals surface area contributed by atoms with Crippen LogP contribution in [0.3, 0.4) is 0 Å². The van der Waals surface area contributed by atoms with Crippen molar-refractivity contribution >= 4 is 40.0 Å². The van der Waals surface area contributed by atoms with E-state index in [1.807, 2.05) is 12.1 Å². The number of thioether (sulfide) groups is 1. The first-order chi connectivity index (χ1) is 13.4. The fourth-order valence-corrected chi connectivity index (χ4v) is 3.98. The number of nitrogens with two attached hydrogens (primary N) is 1. The van der Waals surface area contributed by atoms with E-state index in [2.05, 4.69) is 29.1 Å². The Hall–Kier alpha value is -2.82. The number of carbonyl (C=O) groups is 1. The van der Waals surface area contributed by atoms with Crippen LogP contribution < -0.4 is 11.1 Å². The Labute approximate surface area is 171 Å². The number of pyridine rings is 1. The van der Waals surface area contributed by atoms with Gasteiger partial charge in [0, 0.05) is 12.3 Å². The van der Waals surface area contributed by atoms with E-state index in [0.717, 1.165) is 6.54 Å². The number of aromatic nitrogens is 2. The molecule has 2 aromatic heterocycles. The highest BCUT2D eigenvalue weighted by Gasteiger charge is 2.21. The highest BCUT2D eigenvalue weighted by atomic mass is 32.2. The molecule has 0 amide bonds. The number of rotatable bonds is 8. The molecule has 0 atom stereocenters. The van der Waals surface area contributed by atoms with Gasteiger partial charge in [0.1, 0.15) is 27.9 Å². The van der Waals surface area contributed by atoms with Crippen LogP contribution in [-0.4, -0.2) is 29.1 Å². The largest absolute Gasteiger partial charge is 0.462 e. The number of anilines is 2. The lowest BCUT2D eigenvalue weighted by Gasteiger charge is -2.06. The van der Waals surface area contributed by atoms with Crippen LogP contribution in [0, 0.1) is 28.6 Å². The average molecular weight is 417 g/mol. The molecule has 0 saturated heterocycles. The third kappa shape index (κ3) is 5.35. The Balaban J connectivity index is 2.27. The van der Waals surface area contributed by atoms with Gasteiger partial charge in [-0.05, 0) is 18.9 Å². The van der Waals surface area contributed by atoms with Crippen molar-refractivity contribution in [3.8, 4) is 12.1 Å². The van der Waals surface area contributed by atoms with Crippen molar-refractivity contribution in [3.05, 3.63) is 27.8 Å². The number of nitrogens with one attached hydrogen (secondary N) is 1. The molecule has 8 nitrogen and oxygen atoms in total. The van der Waals surface area contributed by atoms with E-state index in [-0.39, 0.29) is 23.6 Å². The number of nitrogens with zero attached hydrogens (tertiary/aromatic N) is 4. The summed E-state index contributed by atoms with van der Waals surface area (Å²) in [6.45, 7) is 6.90. The minimum Gasteiger partial charge on any atom is -0.462 e. The number of ether oxygens (including phenoxy) is 1. The molecule has 0 bridgehead atoms. The van der Waals surface area contributed by atoms with E-state index in [1.165, 1.54) is 29.2 Å². The van der Waals surface area contributed by atoms with Crippen LogP contribution in [-0.2, 0) is 10.5 Å². The number of hydrogen-bond donors (Lipinski definition) is 2. The molecular weight excluding hydrogens is 396 g/mol. The lowest BCUT2D eigenvalue weighted by Crippen LogP contribution is -2.07. The molecule has 0 saturated carbocycles. The van der Waals surface area contributed by atoms with Gasteiger partial charge in [0.2, 0.25) is 0 Å². The number of hydrogen-bond acceptors (Lipinski definition) is 10. The molecule has 0 aliphatic heterocycles. The van der Waals surface area contributed by atoms with Crippen LogP contribution in [0.25, 0.3) is 0 Å². The lowest BCUT2D eigenvalue weighted by atomic mass is 10.2. The van der Waals surface area contributed by atoms with Gasteiger partial charge in [0.15, 0.2) is 5.13 Å². The van der Waals surface area contributed by atoms with Crippen LogP contribution in [0.2, 0.25) is 0 Å². The summed E-state index contributed by atoms with van der Waals surface area (Å²) in [5.74, 6) is 0.367. The molecule has 0 aromatic carbocycles. The number of esters is 1. The van der Waals surface area contributed by atoms with Gasteiger partial charge in [0.25, 0.3) is 0 Å². The summed E-state index contributed by atoms with van der Waals surface area (Å²) in [6.07, 6.45) is 0. The van der Waals surface area contributed by atoms with Crippen molar-refractivity contribution in [2.75, 3.05) is 24.2 Å². The fraction of sp³-hybridized carbons (Fsp3) is 0.389. The molecule has 0 radical (unpaired) electrons. The highest BCUT2D eigenvalue weighted by molar-refractivity contribution is 7.98. The predicted molar refractivity (Wildman–Crippen MR) is 109 cm³/mol. The summed E-state index contributed by atoms with van der Waals surface area (Å²) in [4.78, 5) is 21.3. The van der Waals surface area contributed by atoms with E-state index in [1.54, 1.807) is 6.92 Å². The zero-order valence-electron chi connectivity index (χ0n) is 15.8. The van der Waals surface area contributed by atoms with Crippen molar-refractivity contribution < 1.29 is 9.53 Å². The second-order valence-electron chi connectivity index (χ2n) is 6.08. The SMILES string of the molecule is CCOC(=O)c1sc(NCC(C)C)nc1CSc1nc(N)c(C#N)cc1C#N. The number of carbonyl (C=O) groups excluding carboxylic acids is 1. The third-order valence-corrected chi connectivity index (χ3v) is 5.46. The molecule has 146 valence electrons.